The summed E-state index contributed by atoms with van der Waals surface area (Å²) in [6, 6.07) is 1.17. The summed E-state index contributed by atoms with van der Waals surface area (Å²) in [5, 5.41) is 0. The Hall–Kier alpha value is 1.95. The molecule has 0 saturated carbocycles. The van der Waals surface area contributed by atoms with E-state index >= 15 is 0 Å². The van der Waals surface area contributed by atoms with Gasteiger partial charge in [-0.3, -0.25) is 13.7 Å². The standard InChI is InChI=1S/C6H6O9S3.3Na.3H/c7-16(8,9)4-1-2-5(17(10,11)12)6(3-4)18(13,14)15;;;;;;/h1-3H,(H,7,8,9)(H,10,11,12)(H,13,14,15);;;;;;. The summed E-state index contributed by atoms with van der Waals surface area (Å²) >= 11 is 0. The van der Waals surface area contributed by atoms with E-state index in [-0.39, 0.29) is 94.7 Å². The average Bonchev–Trinajstić information content (AvgIpc) is 2.12. The maximum absolute atomic E-state index is 10.9. The Kier molecular flexibility index (Phi) is 12.5. The van der Waals surface area contributed by atoms with Crippen molar-refractivity contribution >= 4 is 119 Å². The SMILES string of the molecule is O=S(=O)(O)c1ccc(S(=O)(=O)O)c(S(=O)(=O)O)c1.[NaH].[NaH].[NaH]. The summed E-state index contributed by atoms with van der Waals surface area (Å²) in [6.45, 7) is 0. The van der Waals surface area contributed by atoms with Gasteiger partial charge in [0, 0.05) is 0 Å². The zero-order chi connectivity index (χ0) is 14.4. The second-order valence-electron chi connectivity index (χ2n) is 3.03. The first-order valence-electron chi connectivity index (χ1n) is 3.90. The Bertz CT molecular complexity index is 797. The molecule has 0 spiro atoms. The number of rotatable bonds is 3. The van der Waals surface area contributed by atoms with Crippen LogP contribution in [-0.4, -0.2) is 128 Å². The van der Waals surface area contributed by atoms with Crippen molar-refractivity contribution < 1.29 is 38.9 Å². The van der Waals surface area contributed by atoms with Crippen molar-refractivity contribution in [3.8, 4) is 0 Å². The molecule has 3 N–H and O–H groups in total. The van der Waals surface area contributed by atoms with Gasteiger partial charge in [-0.05, 0) is 18.2 Å². The van der Waals surface area contributed by atoms with Crippen molar-refractivity contribution in [2.24, 2.45) is 0 Å². The van der Waals surface area contributed by atoms with Gasteiger partial charge in [-0.25, -0.2) is 0 Å². The van der Waals surface area contributed by atoms with Crippen LogP contribution in [0.1, 0.15) is 0 Å². The summed E-state index contributed by atoms with van der Waals surface area (Å²) < 4.78 is 91.0. The van der Waals surface area contributed by atoms with Crippen molar-refractivity contribution in [2.75, 3.05) is 0 Å². The molecule has 21 heavy (non-hydrogen) atoms. The summed E-state index contributed by atoms with van der Waals surface area (Å²) in [4.78, 5) is -3.53. The third-order valence-electron chi connectivity index (χ3n) is 1.77. The Morgan fingerprint density at radius 2 is 1.00 bits per heavy atom. The summed E-state index contributed by atoms with van der Waals surface area (Å²) in [7, 11) is -14.9. The monoisotopic (exact) mass is 390 g/mol. The zero-order valence-corrected chi connectivity index (χ0v) is 10.7. The van der Waals surface area contributed by atoms with Crippen LogP contribution in [-0.2, 0) is 30.4 Å². The predicted molar refractivity (Wildman–Crippen MR) is 77.3 cm³/mol. The van der Waals surface area contributed by atoms with Crippen molar-refractivity contribution in [3.63, 3.8) is 0 Å². The van der Waals surface area contributed by atoms with E-state index in [4.69, 9.17) is 13.7 Å². The van der Waals surface area contributed by atoms with Gasteiger partial charge in [0.2, 0.25) is 0 Å². The van der Waals surface area contributed by atoms with E-state index in [1.54, 1.807) is 0 Å². The Balaban J connectivity index is -0.00000108. The first-order chi connectivity index (χ1) is 7.83. The van der Waals surface area contributed by atoms with Crippen molar-refractivity contribution in [3.05, 3.63) is 18.2 Å². The van der Waals surface area contributed by atoms with E-state index in [1.165, 1.54) is 0 Å². The molecule has 0 saturated heterocycles. The van der Waals surface area contributed by atoms with Crippen LogP contribution in [0, 0.1) is 0 Å². The molecular weight excluding hydrogens is 381 g/mol. The van der Waals surface area contributed by atoms with E-state index in [9.17, 15) is 25.3 Å². The van der Waals surface area contributed by atoms with Crippen molar-refractivity contribution in [1.82, 2.24) is 0 Å². The number of hydrogen-bond acceptors (Lipinski definition) is 6. The fraction of sp³-hybridized carbons (Fsp3) is 0. The Morgan fingerprint density at radius 1 is 0.619 bits per heavy atom. The molecule has 1 aromatic rings. The topological polar surface area (TPSA) is 163 Å². The molecule has 0 bridgehead atoms. The van der Waals surface area contributed by atoms with Gasteiger partial charge in [-0.2, -0.15) is 25.3 Å². The molecule has 108 valence electrons. The molecule has 0 aliphatic carbocycles. The zero-order valence-electron chi connectivity index (χ0n) is 8.25. The summed E-state index contributed by atoms with van der Waals surface area (Å²) in [6.07, 6.45) is 0. The molecule has 1 aromatic carbocycles. The minimum absolute atomic E-state index is 0. The number of benzene rings is 1. The molecule has 0 aliphatic heterocycles. The molecule has 0 atom stereocenters. The maximum atomic E-state index is 10.9. The Labute approximate surface area is 188 Å². The van der Waals surface area contributed by atoms with Gasteiger partial charge >= 0.3 is 88.7 Å². The molecule has 0 amide bonds. The first kappa shape index (κ1) is 27.8. The van der Waals surface area contributed by atoms with Gasteiger partial charge < -0.3 is 0 Å². The molecule has 9 nitrogen and oxygen atoms in total. The second-order valence-corrected chi connectivity index (χ2v) is 7.24. The molecule has 0 radical (unpaired) electrons. The first-order valence-corrected chi connectivity index (χ1v) is 8.22. The van der Waals surface area contributed by atoms with Crippen LogP contribution in [0.25, 0.3) is 0 Å². The van der Waals surface area contributed by atoms with E-state index in [0.29, 0.717) is 12.1 Å². The fourth-order valence-electron chi connectivity index (χ4n) is 1.06. The number of hydrogen-bond donors (Lipinski definition) is 3. The van der Waals surface area contributed by atoms with Crippen LogP contribution < -0.4 is 0 Å². The molecule has 15 heteroatoms. The molecular formula is C6H9Na3O9S3. The van der Waals surface area contributed by atoms with Gasteiger partial charge in [0.05, 0.1) is 4.90 Å². The van der Waals surface area contributed by atoms with Gasteiger partial charge in [0.1, 0.15) is 9.79 Å². The molecule has 0 aliphatic rings. The third kappa shape index (κ3) is 8.05. The second kappa shape index (κ2) is 9.44. The van der Waals surface area contributed by atoms with Crippen LogP contribution in [0.15, 0.2) is 32.9 Å². The van der Waals surface area contributed by atoms with Gasteiger partial charge in [0.15, 0.2) is 0 Å². The fourth-order valence-corrected chi connectivity index (χ4v) is 3.43. The van der Waals surface area contributed by atoms with Crippen LogP contribution in [0.5, 0.6) is 0 Å². The molecule has 0 heterocycles. The van der Waals surface area contributed by atoms with E-state index in [0.717, 1.165) is 0 Å². The van der Waals surface area contributed by atoms with Gasteiger partial charge in [-0.1, -0.05) is 0 Å². The molecule has 0 fully saturated rings. The van der Waals surface area contributed by atoms with Crippen molar-refractivity contribution in [2.45, 2.75) is 14.7 Å². The van der Waals surface area contributed by atoms with E-state index < -0.39 is 45.0 Å². The van der Waals surface area contributed by atoms with E-state index in [2.05, 4.69) is 0 Å². The van der Waals surface area contributed by atoms with E-state index in [1.807, 2.05) is 0 Å². The van der Waals surface area contributed by atoms with Crippen LogP contribution in [0.2, 0.25) is 0 Å². The van der Waals surface area contributed by atoms with Crippen LogP contribution in [0.4, 0.5) is 0 Å². The van der Waals surface area contributed by atoms with Crippen LogP contribution >= 0.6 is 0 Å². The molecule has 1 rings (SSSR count). The van der Waals surface area contributed by atoms with Gasteiger partial charge in [0.25, 0.3) is 30.4 Å². The quantitative estimate of drug-likeness (QED) is 0.373. The molecule has 0 aromatic heterocycles. The van der Waals surface area contributed by atoms with Crippen LogP contribution in [0.3, 0.4) is 0 Å². The molecule has 0 unspecified atom stereocenters. The van der Waals surface area contributed by atoms with Gasteiger partial charge in [-0.15, -0.1) is 0 Å². The third-order valence-corrected chi connectivity index (χ3v) is 4.55. The normalized spacial score (nSPS) is 11.6. The summed E-state index contributed by atoms with van der Waals surface area (Å²) in [5.41, 5.74) is 0. The Morgan fingerprint density at radius 3 is 1.29 bits per heavy atom. The van der Waals surface area contributed by atoms with Crippen molar-refractivity contribution in [1.29, 1.82) is 0 Å². The average molecular weight is 390 g/mol. The summed E-state index contributed by atoms with van der Waals surface area (Å²) in [5.74, 6) is 0. The minimum atomic E-state index is -5.11. The predicted octanol–water partition coefficient (Wildman–Crippen LogP) is -2.52.